The van der Waals surface area contributed by atoms with Crippen LogP contribution in [-0.2, 0) is 4.74 Å². The molecule has 110 valence electrons. The van der Waals surface area contributed by atoms with Crippen LogP contribution in [0.1, 0.15) is 6.92 Å². The van der Waals surface area contributed by atoms with E-state index >= 15 is 0 Å². The summed E-state index contributed by atoms with van der Waals surface area (Å²) in [6.07, 6.45) is -0.0981. The Balaban J connectivity index is 2.34. The smallest absolute Gasteiger partial charge is 0.333 e. The van der Waals surface area contributed by atoms with E-state index in [2.05, 4.69) is 0 Å². The lowest BCUT2D eigenvalue weighted by Crippen LogP contribution is -2.45. The summed E-state index contributed by atoms with van der Waals surface area (Å²) >= 11 is 0. The second-order valence-corrected chi connectivity index (χ2v) is 4.49. The number of rotatable bonds is 5. The number of morpholine rings is 1. The first-order chi connectivity index (χ1) is 9.67. The standard InChI is InChI=1S/C13H19N3O4/c1-2-19-12-5-3-4-11(13(12)16(17)18)15-6-7-20-10(8-14)9-15/h3-5,10H,2,6-9,14H2,1H3. The molecule has 0 spiro atoms. The molecule has 2 N–H and O–H groups in total. The number of nitro groups is 1. The van der Waals surface area contributed by atoms with Gasteiger partial charge in [0.25, 0.3) is 0 Å². The number of nitrogens with zero attached hydrogens (tertiary/aromatic N) is 2. The van der Waals surface area contributed by atoms with Crippen LogP contribution < -0.4 is 15.4 Å². The van der Waals surface area contributed by atoms with Gasteiger partial charge in [-0.3, -0.25) is 10.1 Å². The third-order valence-corrected chi connectivity index (χ3v) is 3.20. The maximum absolute atomic E-state index is 11.4. The molecule has 2 rings (SSSR count). The summed E-state index contributed by atoms with van der Waals surface area (Å²) in [6, 6.07) is 5.12. The molecule has 1 saturated heterocycles. The molecule has 1 aliphatic rings. The highest BCUT2D eigenvalue weighted by atomic mass is 16.6. The minimum Gasteiger partial charge on any atom is -0.487 e. The molecule has 1 aromatic carbocycles. The van der Waals surface area contributed by atoms with Crippen molar-refractivity contribution in [3.05, 3.63) is 28.3 Å². The van der Waals surface area contributed by atoms with Gasteiger partial charge in [0.1, 0.15) is 5.69 Å². The lowest BCUT2D eigenvalue weighted by molar-refractivity contribution is -0.385. The number of benzene rings is 1. The Morgan fingerprint density at radius 3 is 3.05 bits per heavy atom. The topological polar surface area (TPSA) is 90.9 Å². The number of nitro benzene ring substituents is 1. The van der Waals surface area contributed by atoms with Gasteiger partial charge in [-0.05, 0) is 19.1 Å². The summed E-state index contributed by atoms with van der Waals surface area (Å²) in [5.41, 5.74) is 6.17. The summed E-state index contributed by atoms with van der Waals surface area (Å²) in [5, 5.41) is 11.4. The Hall–Kier alpha value is -1.86. The first kappa shape index (κ1) is 14.5. The van der Waals surface area contributed by atoms with E-state index in [1.807, 2.05) is 4.90 Å². The molecule has 7 nitrogen and oxygen atoms in total. The van der Waals surface area contributed by atoms with Gasteiger partial charge in [-0.15, -0.1) is 0 Å². The molecule has 1 aliphatic heterocycles. The lowest BCUT2D eigenvalue weighted by Gasteiger charge is -2.33. The van der Waals surface area contributed by atoms with Gasteiger partial charge in [-0.2, -0.15) is 0 Å². The zero-order chi connectivity index (χ0) is 14.5. The molecule has 1 atom stereocenters. The van der Waals surface area contributed by atoms with Crippen LogP contribution in [0.5, 0.6) is 5.75 Å². The van der Waals surface area contributed by atoms with E-state index in [0.29, 0.717) is 44.3 Å². The predicted molar refractivity (Wildman–Crippen MR) is 75.3 cm³/mol. The van der Waals surface area contributed by atoms with Gasteiger partial charge in [0.15, 0.2) is 5.75 Å². The molecule has 0 saturated carbocycles. The van der Waals surface area contributed by atoms with Crippen LogP contribution in [-0.4, -0.2) is 43.9 Å². The molecule has 1 heterocycles. The normalized spacial score (nSPS) is 18.9. The zero-order valence-electron chi connectivity index (χ0n) is 11.4. The molecule has 1 aromatic rings. The molecule has 0 aromatic heterocycles. The zero-order valence-corrected chi connectivity index (χ0v) is 11.4. The van der Waals surface area contributed by atoms with Crippen molar-refractivity contribution in [1.82, 2.24) is 0 Å². The van der Waals surface area contributed by atoms with Gasteiger partial charge in [0.2, 0.25) is 0 Å². The number of nitrogens with two attached hydrogens (primary N) is 1. The van der Waals surface area contributed by atoms with Crippen molar-refractivity contribution in [2.45, 2.75) is 13.0 Å². The summed E-state index contributed by atoms with van der Waals surface area (Å²) in [6.45, 7) is 4.25. The van der Waals surface area contributed by atoms with Gasteiger partial charge in [-0.1, -0.05) is 6.07 Å². The molecule has 0 aliphatic carbocycles. The van der Waals surface area contributed by atoms with E-state index in [-0.39, 0.29) is 11.8 Å². The van der Waals surface area contributed by atoms with Crippen molar-refractivity contribution in [1.29, 1.82) is 0 Å². The summed E-state index contributed by atoms with van der Waals surface area (Å²) < 4.78 is 10.8. The van der Waals surface area contributed by atoms with Crippen molar-refractivity contribution < 1.29 is 14.4 Å². The third-order valence-electron chi connectivity index (χ3n) is 3.20. The second-order valence-electron chi connectivity index (χ2n) is 4.49. The first-order valence-electron chi connectivity index (χ1n) is 6.64. The Labute approximate surface area is 117 Å². The average Bonchev–Trinajstić information content (AvgIpc) is 2.47. The van der Waals surface area contributed by atoms with Crippen LogP contribution >= 0.6 is 0 Å². The van der Waals surface area contributed by atoms with E-state index in [4.69, 9.17) is 15.2 Å². The maximum atomic E-state index is 11.4. The van der Waals surface area contributed by atoms with Gasteiger partial charge < -0.3 is 20.1 Å². The molecule has 0 bridgehead atoms. The van der Waals surface area contributed by atoms with Crippen molar-refractivity contribution in [2.24, 2.45) is 5.73 Å². The first-order valence-corrected chi connectivity index (χ1v) is 6.64. The number of ether oxygens (including phenoxy) is 2. The second kappa shape index (κ2) is 6.53. The fraction of sp³-hybridized carbons (Fsp3) is 0.538. The maximum Gasteiger partial charge on any atom is 0.333 e. The molecular formula is C13H19N3O4. The molecule has 20 heavy (non-hydrogen) atoms. The third kappa shape index (κ3) is 3.00. The van der Waals surface area contributed by atoms with Gasteiger partial charge in [0, 0.05) is 19.6 Å². The highest BCUT2D eigenvalue weighted by Gasteiger charge is 2.28. The highest BCUT2D eigenvalue weighted by molar-refractivity contribution is 5.70. The van der Waals surface area contributed by atoms with Crippen molar-refractivity contribution >= 4 is 11.4 Å². The Morgan fingerprint density at radius 1 is 1.60 bits per heavy atom. The van der Waals surface area contributed by atoms with Crippen LogP contribution in [0.25, 0.3) is 0 Å². The fourth-order valence-corrected chi connectivity index (χ4v) is 2.30. The summed E-state index contributed by atoms with van der Waals surface area (Å²) in [7, 11) is 0. The number of para-hydroxylation sites is 1. The number of hydrogen-bond acceptors (Lipinski definition) is 6. The molecular weight excluding hydrogens is 262 g/mol. The van der Waals surface area contributed by atoms with E-state index in [1.165, 1.54) is 0 Å². The molecule has 0 radical (unpaired) electrons. The minimum absolute atomic E-state index is 0.00650. The van der Waals surface area contributed by atoms with E-state index < -0.39 is 4.92 Å². The quantitative estimate of drug-likeness (QED) is 0.643. The number of anilines is 1. The Bertz CT molecular complexity index is 481. The van der Waals surface area contributed by atoms with Crippen LogP contribution in [0.15, 0.2) is 18.2 Å². The SMILES string of the molecule is CCOc1cccc(N2CCOC(CN)C2)c1[N+](=O)[O-]. The Morgan fingerprint density at radius 2 is 2.40 bits per heavy atom. The van der Waals surface area contributed by atoms with Gasteiger partial charge in [0.05, 0.1) is 24.2 Å². The van der Waals surface area contributed by atoms with Crippen molar-refractivity contribution in [2.75, 3.05) is 37.7 Å². The largest absolute Gasteiger partial charge is 0.487 e. The van der Waals surface area contributed by atoms with E-state index in [1.54, 1.807) is 25.1 Å². The molecule has 1 unspecified atom stereocenters. The average molecular weight is 281 g/mol. The van der Waals surface area contributed by atoms with Crippen LogP contribution in [0, 0.1) is 10.1 Å². The molecule has 7 heteroatoms. The highest BCUT2D eigenvalue weighted by Crippen LogP contribution is 2.37. The number of hydrogen-bond donors (Lipinski definition) is 1. The monoisotopic (exact) mass is 281 g/mol. The van der Waals surface area contributed by atoms with Crippen LogP contribution in [0.2, 0.25) is 0 Å². The van der Waals surface area contributed by atoms with Gasteiger partial charge >= 0.3 is 5.69 Å². The minimum atomic E-state index is -0.396. The van der Waals surface area contributed by atoms with Crippen LogP contribution in [0.3, 0.4) is 0 Å². The van der Waals surface area contributed by atoms with Crippen molar-refractivity contribution in [3.8, 4) is 5.75 Å². The van der Waals surface area contributed by atoms with Gasteiger partial charge in [-0.25, -0.2) is 0 Å². The molecule has 0 amide bonds. The fourth-order valence-electron chi connectivity index (χ4n) is 2.30. The summed E-state index contributed by atoms with van der Waals surface area (Å²) in [4.78, 5) is 12.9. The molecule has 1 fully saturated rings. The predicted octanol–water partition coefficient (Wildman–Crippen LogP) is 1.16. The van der Waals surface area contributed by atoms with Crippen molar-refractivity contribution in [3.63, 3.8) is 0 Å². The lowest BCUT2D eigenvalue weighted by atomic mass is 10.2. The summed E-state index contributed by atoms with van der Waals surface area (Å²) in [5.74, 6) is 0.297. The van der Waals surface area contributed by atoms with E-state index in [9.17, 15) is 10.1 Å². The van der Waals surface area contributed by atoms with Crippen LogP contribution in [0.4, 0.5) is 11.4 Å². The Kier molecular flexibility index (Phi) is 4.75. The van der Waals surface area contributed by atoms with E-state index in [0.717, 1.165) is 0 Å².